The number of fused-ring (bicyclic) bond motifs is 3. The number of rotatable bonds is 4. The van der Waals surface area contributed by atoms with Crippen molar-refractivity contribution >= 4 is 21.8 Å². The van der Waals surface area contributed by atoms with Crippen LogP contribution in [0.5, 0.6) is 0 Å². The maximum atomic E-state index is 10.4. The summed E-state index contributed by atoms with van der Waals surface area (Å²) in [6.45, 7) is 8.56. The molecule has 0 spiro atoms. The summed E-state index contributed by atoms with van der Waals surface area (Å²) in [5, 5.41) is 21.7. The van der Waals surface area contributed by atoms with Gasteiger partial charge in [0.1, 0.15) is 12.1 Å². The van der Waals surface area contributed by atoms with E-state index in [1.54, 1.807) is 0 Å². The first-order valence-corrected chi connectivity index (χ1v) is 14.8. The third-order valence-corrected chi connectivity index (χ3v) is 8.55. The Morgan fingerprint density at radius 1 is 0.556 bits per heavy atom. The van der Waals surface area contributed by atoms with Gasteiger partial charge in [-0.3, -0.25) is 0 Å². The zero-order valence-corrected chi connectivity index (χ0v) is 25.6. The van der Waals surface area contributed by atoms with Gasteiger partial charge in [-0.25, -0.2) is 9.97 Å². The van der Waals surface area contributed by atoms with Gasteiger partial charge in [0.15, 0.2) is 5.82 Å². The van der Waals surface area contributed by atoms with Crippen LogP contribution in [0, 0.1) is 50.4 Å². The van der Waals surface area contributed by atoms with Gasteiger partial charge in [0.05, 0.1) is 27.8 Å². The average Bonchev–Trinajstić information content (AvgIpc) is 3.37. The lowest BCUT2D eigenvalue weighted by Gasteiger charge is -2.12. The van der Waals surface area contributed by atoms with E-state index in [-0.39, 0.29) is 0 Å². The van der Waals surface area contributed by atoms with Crippen LogP contribution >= 0.6 is 0 Å². The fourth-order valence-corrected chi connectivity index (χ4v) is 6.39. The molecule has 5 heteroatoms. The molecule has 0 N–H and O–H groups in total. The second-order valence-corrected chi connectivity index (χ2v) is 11.7. The van der Waals surface area contributed by atoms with Crippen molar-refractivity contribution in [1.29, 1.82) is 10.5 Å². The largest absolute Gasteiger partial charge is 0.308 e. The first-order chi connectivity index (χ1) is 21.8. The highest BCUT2D eigenvalue weighted by Crippen LogP contribution is 2.39. The Balaban J connectivity index is 1.48. The smallest absolute Gasteiger partial charge is 0.159 e. The summed E-state index contributed by atoms with van der Waals surface area (Å²) in [5.41, 5.74) is 14.1. The summed E-state index contributed by atoms with van der Waals surface area (Å²) in [7, 11) is 0. The summed E-state index contributed by atoms with van der Waals surface area (Å²) in [6, 6.07) is 36.6. The minimum atomic E-state index is 0.390. The zero-order chi connectivity index (χ0) is 31.2. The zero-order valence-electron chi connectivity index (χ0n) is 25.6. The minimum Gasteiger partial charge on any atom is -0.308 e. The number of hydrogen-bond acceptors (Lipinski definition) is 4. The quantitative estimate of drug-likeness (QED) is 0.208. The van der Waals surface area contributed by atoms with E-state index < -0.39 is 0 Å². The summed E-state index contributed by atoms with van der Waals surface area (Å²) in [4.78, 5) is 8.68. The predicted molar refractivity (Wildman–Crippen MR) is 181 cm³/mol. The third kappa shape index (κ3) is 4.82. The summed E-state index contributed by atoms with van der Waals surface area (Å²) >= 11 is 0. The van der Waals surface area contributed by atoms with Gasteiger partial charge < -0.3 is 4.57 Å². The standard InChI is InChI=1S/C40H29N5/c1-24-5-10-33(26(3)15-24)29-7-13-38-35(18-29)36-19-30(34-11-6-25(2)16-27(34)4)8-14-39(36)45(38)37-12-9-31(17-32(37)21-42)40-43-22-28(20-41)23-44-40/h5-19,22-23H,1-4H3. The van der Waals surface area contributed by atoms with Crippen LogP contribution in [-0.4, -0.2) is 14.5 Å². The van der Waals surface area contributed by atoms with E-state index in [0.29, 0.717) is 17.0 Å². The first kappa shape index (κ1) is 27.8. The van der Waals surface area contributed by atoms with E-state index in [1.165, 1.54) is 45.8 Å². The van der Waals surface area contributed by atoms with Crippen LogP contribution in [0.15, 0.2) is 103 Å². The van der Waals surface area contributed by atoms with Crippen molar-refractivity contribution in [3.8, 4) is 51.5 Å². The Labute approximate surface area is 262 Å². The Morgan fingerprint density at radius 3 is 1.58 bits per heavy atom. The highest BCUT2D eigenvalue weighted by molar-refractivity contribution is 6.12. The molecule has 45 heavy (non-hydrogen) atoms. The Hall–Kier alpha value is -6.04. The molecule has 0 atom stereocenters. The minimum absolute atomic E-state index is 0.390. The molecule has 5 nitrogen and oxygen atoms in total. The summed E-state index contributed by atoms with van der Waals surface area (Å²) < 4.78 is 2.18. The van der Waals surface area contributed by atoms with Gasteiger partial charge in [-0.1, -0.05) is 59.7 Å². The fraction of sp³-hybridized carbons (Fsp3) is 0.100. The second kappa shape index (κ2) is 10.9. The Bertz CT molecular complexity index is 2270. The molecule has 0 amide bonds. The first-order valence-electron chi connectivity index (χ1n) is 14.8. The van der Waals surface area contributed by atoms with Gasteiger partial charge in [-0.2, -0.15) is 10.5 Å². The van der Waals surface area contributed by atoms with Crippen molar-refractivity contribution in [2.45, 2.75) is 27.7 Å². The molecule has 0 unspecified atom stereocenters. The van der Waals surface area contributed by atoms with Gasteiger partial charge in [0.2, 0.25) is 0 Å². The Kier molecular flexibility index (Phi) is 6.73. The van der Waals surface area contributed by atoms with Crippen LogP contribution < -0.4 is 0 Å². The second-order valence-electron chi connectivity index (χ2n) is 11.7. The lowest BCUT2D eigenvalue weighted by Crippen LogP contribution is -1.99. The summed E-state index contributed by atoms with van der Waals surface area (Å²) in [5.74, 6) is 0.468. The molecule has 214 valence electrons. The van der Waals surface area contributed by atoms with E-state index in [1.807, 2.05) is 24.3 Å². The molecule has 0 saturated carbocycles. The number of nitriles is 2. The molecular weight excluding hydrogens is 550 g/mol. The molecule has 2 aromatic heterocycles. The molecular formula is C40H29N5. The van der Waals surface area contributed by atoms with Crippen LogP contribution in [0.2, 0.25) is 0 Å². The van der Waals surface area contributed by atoms with E-state index in [2.05, 4.69) is 121 Å². The van der Waals surface area contributed by atoms with Gasteiger partial charge >= 0.3 is 0 Å². The van der Waals surface area contributed by atoms with E-state index >= 15 is 0 Å². The monoisotopic (exact) mass is 579 g/mol. The molecule has 7 aromatic rings. The summed E-state index contributed by atoms with van der Waals surface area (Å²) in [6.07, 6.45) is 2.99. The number of nitrogens with zero attached hydrogens (tertiary/aromatic N) is 5. The topological polar surface area (TPSA) is 78.3 Å². The van der Waals surface area contributed by atoms with Crippen LogP contribution in [0.4, 0.5) is 0 Å². The number of aromatic nitrogens is 3. The van der Waals surface area contributed by atoms with E-state index in [0.717, 1.165) is 44.2 Å². The molecule has 0 fully saturated rings. The molecule has 0 radical (unpaired) electrons. The van der Waals surface area contributed by atoms with Crippen LogP contribution in [0.1, 0.15) is 33.4 Å². The van der Waals surface area contributed by atoms with Crippen molar-refractivity contribution in [3.05, 3.63) is 137 Å². The van der Waals surface area contributed by atoms with Crippen molar-refractivity contribution in [1.82, 2.24) is 14.5 Å². The molecule has 0 aliphatic heterocycles. The maximum Gasteiger partial charge on any atom is 0.159 e. The number of aryl methyl sites for hydroxylation is 4. The van der Waals surface area contributed by atoms with Crippen molar-refractivity contribution in [2.75, 3.05) is 0 Å². The number of benzene rings is 5. The van der Waals surface area contributed by atoms with Gasteiger partial charge in [0, 0.05) is 28.7 Å². The van der Waals surface area contributed by atoms with Crippen LogP contribution in [-0.2, 0) is 0 Å². The molecule has 0 saturated heterocycles. The molecule has 0 aliphatic rings. The van der Waals surface area contributed by atoms with Gasteiger partial charge in [-0.05, 0) is 104 Å². The molecule has 7 rings (SSSR count). The van der Waals surface area contributed by atoms with E-state index in [4.69, 9.17) is 5.26 Å². The fourth-order valence-electron chi connectivity index (χ4n) is 6.39. The van der Waals surface area contributed by atoms with Crippen LogP contribution in [0.3, 0.4) is 0 Å². The molecule has 0 aliphatic carbocycles. The third-order valence-electron chi connectivity index (χ3n) is 8.55. The van der Waals surface area contributed by atoms with Crippen molar-refractivity contribution < 1.29 is 0 Å². The number of hydrogen-bond donors (Lipinski definition) is 0. The molecule has 5 aromatic carbocycles. The SMILES string of the molecule is Cc1ccc(-c2ccc3c(c2)c2cc(-c4ccc(C)cc4C)ccc2n3-c2ccc(-c3ncc(C#N)cn3)cc2C#N)c(C)c1. The lowest BCUT2D eigenvalue weighted by atomic mass is 9.95. The molecule has 2 heterocycles. The normalized spacial score (nSPS) is 11.1. The van der Waals surface area contributed by atoms with Crippen molar-refractivity contribution in [3.63, 3.8) is 0 Å². The average molecular weight is 580 g/mol. The Morgan fingerprint density at radius 2 is 1.09 bits per heavy atom. The molecule has 0 bridgehead atoms. The van der Waals surface area contributed by atoms with Crippen molar-refractivity contribution in [2.24, 2.45) is 0 Å². The van der Waals surface area contributed by atoms with Crippen LogP contribution in [0.25, 0.3) is 61.1 Å². The van der Waals surface area contributed by atoms with Gasteiger partial charge in [0.25, 0.3) is 0 Å². The highest BCUT2D eigenvalue weighted by atomic mass is 15.0. The lowest BCUT2D eigenvalue weighted by molar-refractivity contribution is 1.14. The van der Waals surface area contributed by atoms with E-state index in [9.17, 15) is 5.26 Å². The highest BCUT2D eigenvalue weighted by Gasteiger charge is 2.18. The predicted octanol–water partition coefficient (Wildman–Crippen LogP) is 9.55. The maximum absolute atomic E-state index is 10.4. The van der Waals surface area contributed by atoms with Gasteiger partial charge in [-0.15, -0.1) is 0 Å².